The summed E-state index contributed by atoms with van der Waals surface area (Å²) in [6.07, 6.45) is 1.99. The van der Waals surface area contributed by atoms with Gasteiger partial charge in [0, 0.05) is 24.7 Å². The van der Waals surface area contributed by atoms with E-state index in [4.69, 9.17) is 10.8 Å². The highest BCUT2D eigenvalue weighted by molar-refractivity contribution is 5.95. The lowest BCUT2D eigenvalue weighted by atomic mass is 10.0. The number of nitrogens with one attached hydrogen (secondary N) is 4. The van der Waals surface area contributed by atoms with Crippen LogP contribution in [0.25, 0.3) is 0 Å². The summed E-state index contributed by atoms with van der Waals surface area (Å²) in [5, 5.41) is 34.7. The van der Waals surface area contributed by atoms with Crippen LogP contribution in [0.5, 0.6) is 5.75 Å². The quantitative estimate of drug-likeness (QED) is 0.153. The van der Waals surface area contributed by atoms with Crippen molar-refractivity contribution in [1.29, 1.82) is 0 Å². The number of carbonyl (C=O) groups is 5. The topological polar surface area (TPSA) is 237 Å². The molecule has 14 heteroatoms. The number of phenols is 1. The second kappa shape index (κ2) is 12.9. The molecule has 14 nitrogen and oxygen atoms in total. The summed E-state index contributed by atoms with van der Waals surface area (Å²) in [7, 11) is 0. The van der Waals surface area contributed by atoms with Gasteiger partial charge in [0.05, 0.1) is 18.8 Å². The summed E-state index contributed by atoms with van der Waals surface area (Å²) in [4.78, 5) is 67.3. The molecule has 9 N–H and O–H groups in total. The Labute approximate surface area is 205 Å². The van der Waals surface area contributed by atoms with Gasteiger partial charge in [0.25, 0.3) is 0 Å². The van der Waals surface area contributed by atoms with Gasteiger partial charge < -0.3 is 42.0 Å². The maximum atomic E-state index is 13.0. The Kier molecular flexibility index (Phi) is 9.92. The molecular weight excluding hydrogens is 476 g/mol. The molecule has 0 aliphatic carbocycles. The molecule has 2 rings (SSSR count). The maximum Gasteiger partial charge on any atom is 0.325 e. The van der Waals surface area contributed by atoms with Gasteiger partial charge in [-0.15, -0.1) is 0 Å². The minimum atomic E-state index is -1.57. The molecule has 0 saturated heterocycles. The first kappa shape index (κ1) is 27.8. The summed E-state index contributed by atoms with van der Waals surface area (Å²) in [6, 6.07) is 0.418. The Morgan fingerprint density at radius 3 is 2.11 bits per heavy atom. The molecular formula is C22H28N6O8. The van der Waals surface area contributed by atoms with Crippen LogP contribution in [0.4, 0.5) is 0 Å². The van der Waals surface area contributed by atoms with Crippen molar-refractivity contribution in [3.8, 4) is 5.75 Å². The van der Waals surface area contributed by atoms with E-state index in [0.717, 1.165) is 0 Å². The van der Waals surface area contributed by atoms with Crippen LogP contribution in [-0.4, -0.2) is 79.1 Å². The van der Waals surface area contributed by atoms with Gasteiger partial charge in [-0.1, -0.05) is 12.1 Å². The molecule has 0 radical (unpaired) electrons. The van der Waals surface area contributed by atoms with Crippen LogP contribution >= 0.6 is 0 Å². The van der Waals surface area contributed by atoms with Gasteiger partial charge in [0.2, 0.25) is 17.7 Å². The summed E-state index contributed by atoms with van der Waals surface area (Å²) in [5.41, 5.74) is 6.92. The minimum Gasteiger partial charge on any atom is -0.508 e. The average molecular weight is 505 g/mol. The Bertz CT molecular complexity index is 1070. The molecule has 0 saturated carbocycles. The SMILES string of the molecule is CC(NC(=O)C(Cc1ccc(O)cc1)NC(=O)C(CC(=O)O)NC(=O)C(N)Cc1cnc[nH]1)C(=O)O. The Morgan fingerprint density at radius 1 is 0.944 bits per heavy atom. The fourth-order valence-corrected chi connectivity index (χ4v) is 3.11. The number of hydrogen-bond donors (Lipinski definition) is 8. The van der Waals surface area contributed by atoms with Crippen molar-refractivity contribution in [2.75, 3.05) is 0 Å². The number of carbonyl (C=O) groups excluding carboxylic acids is 3. The number of imidazole rings is 1. The van der Waals surface area contributed by atoms with E-state index in [0.29, 0.717) is 11.3 Å². The van der Waals surface area contributed by atoms with Crippen LogP contribution in [-0.2, 0) is 36.8 Å². The summed E-state index contributed by atoms with van der Waals surface area (Å²) in [5.74, 6) is -5.36. The van der Waals surface area contributed by atoms with E-state index in [2.05, 4.69) is 25.9 Å². The monoisotopic (exact) mass is 504 g/mol. The second-order valence-corrected chi connectivity index (χ2v) is 8.05. The Morgan fingerprint density at radius 2 is 1.56 bits per heavy atom. The molecule has 1 heterocycles. The number of phenolic OH excluding ortho intramolecular Hbond substituents is 1. The molecule has 4 atom stereocenters. The predicted octanol–water partition coefficient (Wildman–Crippen LogP) is -1.74. The van der Waals surface area contributed by atoms with Gasteiger partial charge in [0.15, 0.2) is 0 Å². The number of nitrogens with two attached hydrogens (primary N) is 1. The molecule has 0 bridgehead atoms. The Hall–Kier alpha value is -4.46. The molecule has 1 aromatic carbocycles. The number of H-pyrrole nitrogens is 1. The van der Waals surface area contributed by atoms with E-state index in [1.807, 2.05) is 0 Å². The van der Waals surface area contributed by atoms with Gasteiger partial charge in [-0.05, 0) is 24.6 Å². The zero-order valence-corrected chi connectivity index (χ0v) is 19.3. The molecule has 0 aliphatic rings. The molecule has 4 unspecified atom stereocenters. The fourth-order valence-electron chi connectivity index (χ4n) is 3.11. The van der Waals surface area contributed by atoms with E-state index in [9.17, 15) is 34.2 Å². The molecule has 2 aromatic rings. The van der Waals surface area contributed by atoms with E-state index in [1.165, 1.54) is 43.7 Å². The van der Waals surface area contributed by atoms with Crippen LogP contribution in [0, 0.1) is 0 Å². The van der Waals surface area contributed by atoms with Gasteiger partial charge in [-0.3, -0.25) is 24.0 Å². The summed E-state index contributed by atoms with van der Waals surface area (Å²) < 4.78 is 0. The first-order valence-corrected chi connectivity index (χ1v) is 10.8. The highest BCUT2D eigenvalue weighted by Gasteiger charge is 2.31. The smallest absolute Gasteiger partial charge is 0.325 e. The number of aromatic nitrogens is 2. The summed E-state index contributed by atoms with van der Waals surface area (Å²) in [6.45, 7) is 1.23. The van der Waals surface area contributed by atoms with Crippen LogP contribution in [0.15, 0.2) is 36.8 Å². The lowest BCUT2D eigenvalue weighted by molar-refractivity contribution is -0.143. The normalized spacial score (nSPS) is 14.1. The van der Waals surface area contributed by atoms with Gasteiger partial charge in [-0.2, -0.15) is 0 Å². The van der Waals surface area contributed by atoms with E-state index in [1.54, 1.807) is 0 Å². The van der Waals surface area contributed by atoms with Gasteiger partial charge >= 0.3 is 11.9 Å². The molecule has 3 amide bonds. The highest BCUT2D eigenvalue weighted by atomic mass is 16.4. The Balaban J connectivity index is 2.17. The van der Waals surface area contributed by atoms with E-state index < -0.39 is 60.2 Å². The molecule has 194 valence electrons. The lowest BCUT2D eigenvalue weighted by Gasteiger charge is -2.24. The number of aromatic amines is 1. The number of aromatic hydroxyl groups is 1. The number of carboxylic acids is 2. The number of rotatable bonds is 13. The molecule has 1 aromatic heterocycles. The van der Waals surface area contributed by atoms with Gasteiger partial charge in [0.1, 0.15) is 23.9 Å². The highest BCUT2D eigenvalue weighted by Crippen LogP contribution is 2.12. The van der Waals surface area contributed by atoms with Crippen molar-refractivity contribution in [2.45, 2.75) is 50.4 Å². The van der Waals surface area contributed by atoms with E-state index >= 15 is 0 Å². The number of hydrogen-bond acceptors (Lipinski definition) is 8. The fraction of sp³-hybridized carbons (Fsp3) is 0.364. The average Bonchev–Trinajstić information content (AvgIpc) is 3.32. The number of amides is 3. The number of nitrogens with zero attached hydrogens (tertiary/aromatic N) is 1. The first-order chi connectivity index (χ1) is 17.0. The van der Waals surface area contributed by atoms with Crippen molar-refractivity contribution in [1.82, 2.24) is 25.9 Å². The minimum absolute atomic E-state index is 0.0287. The standard InChI is InChI=1S/C22H28N6O8/c1-11(22(35)36)26-20(33)16(6-12-2-4-14(29)5-3-12)28-21(34)17(8-18(30)31)27-19(32)15(23)7-13-9-24-10-25-13/h2-5,9-11,15-17,29H,6-8,23H2,1H3,(H,24,25)(H,26,33)(H,27,32)(H,28,34)(H,30,31)(H,35,36). The third-order valence-electron chi connectivity index (χ3n) is 5.08. The largest absolute Gasteiger partial charge is 0.508 e. The first-order valence-electron chi connectivity index (χ1n) is 10.8. The lowest BCUT2D eigenvalue weighted by Crippen LogP contribution is -2.58. The van der Waals surface area contributed by atoms with Crippen molar-refractivity contribution in [2.24, 2.45) is 5.73 Å². The van der Waals surface area contributed by atoms with Crippen molar-refractivity contribution in [3.63, 3.8) is 0 Å². The van der Waals surface area contributed by atoms with Gasteiger partial charge in [-0.25, -0.2) is 4.98 Å². The third-order valence-corrected chi connectivity index (χ3v) is 5.08. The maximum absolute atomic E-state index is 13.0. The van der Waals surface area contributed by atoms with Crippen LogP contribution in [0.3, 0.4) is 0 Å². The van der Waals surface area contributed by atoms with Crippen LogP contribution < -0.4 is 21.7 Å². The number of aliphatic carboxylic acids is 2. The second-order valence-electron chi connectivity index (χ2n) is 8.05. The predicted molar refractivity (Wildman–Crippen MR) is 123 cm³/mol. The van der Waals surface area contributed by atoms with Crippen molar-refractivity contribution in [3.05, 3.63) is 48.0 Å². The molecule has 0 spiro atoms. The summed E-state index contributed by atoms with van der Waals surface area (Å²) >= 11 is 0. The molecule has 0 aliphatic heterocycles. The van der Waals surface area contributed by atoms with Crippen molar-refractivity contribution < 1.29 is 39.3 Å². The van der Waals surface area contributed by atoms with Crippen LogP contribution in [0.2, 0.25) is 0 Å². The third kappa shape index (κ3) is 8.72. The zero-order valence-electron chi connectivity index (χ0n) is 19.3. The number of carboxylic acid groups (broad SMARTS) is 2. The molecule has 36 heavy (non-hydrogen) atoms. The van der Waals surface area contributed by atoms with Crippen LogP contribution in [0.1, 0.15) is 24.6 Å². The van der Waals surface area contributed by atoms with Crippen molar-refractivity contribution >= 4 is 29.7 Å². The molecule has 0 fully saturated rings. The van der Waals surface area contributed by atoms with E-state index in [-0.39, 0.29) is 18.6 Å². The zero-order chi connectivity index (χ0) is 26.8. The number of benzene rings is 1.